The Bertz CT molecular complexity index is 649. The minimum absolute atomic E-state index is 0.0288. The lowest BCUT2D eigenvalue weighted by Gasteiger charge is -2.31. The van der Waals surface area contributed by atoms with Crippen molar-refractivity contribution in [1.29, 1.82) is 0 Å². The van der Waals surface area contributed by atoms with Gasteiger partial charge in [0.2, 0.25) is 0 Å². The second-order valence-electron chi connectivity index (χ2n) is 7.62. The summed E-state index contributed by atoms with van der Waals surface area (Å²) < 4.78 is 0. The standard InChI is InChI=1S/C21H32N2O4S/c1-16(19(25)26)21(3,4)15-22-20(27)23(13-14-28-17(2)24)12-8-11-18-9-6-5-7-10-18/h5-7,9-10,16H,8,11-15H2,1-4H3,(H,22,27)(H,25,26)/t16-/m1/s1. The van der Waals surface area contributed by atoms with Crippen LogP contribution in [-0.2, 0) is 16.0 Å². The summed E-state index contributed by atoms with van der Waals surface area (Å²) in [6.07, 6.45) is 1.68. The van der Waals surface area contributed by atoms with E-state index in [1.54, 1.807) is 11.8 Å². The van der Waals surface area contributed by atoms with Crippen molar-refractivity contribution in [2.75, 3.05) is 25.4 Å². The molecule has 156 valence electrons. The molecule has 0 aliphatic rings. The number of carbonyl (C=O) groups is 3. The molecular formula is C21H32N2O4S. The van der Waals surface area contributed by atoms with Crippen LogP contribution in [0.2, 0.25) is 0 Å². The van der Waals surface area contributed by atoms with Crippen molar-refractivity contribution in [3.05, 3.63) is 35.9 Å². The SMILES string of the molecule is CC(=O)SCCN(CCCc1ccccc1)C(=O)NCC(C)(C)[C@H](C)C(=O)O. The molecule has 28 heavy (non-hydrogen) atoms. The van der Waals surface area contributed by atoms with Gasteiger partial charge in [-0.3, -0.25) is 9.59 Å². The fourth-order valence-electron chi connectivity index (χ4n) is 2.64. The van der Waals surface area contributed by atoms with Gasteiger partial charge < -0.3 is 15.3 Å². The van der Waals surface area contributed by atoms with Gasteiger partial charge in [-0.1, -0.05) is 62.9 Å². The number of hydrogen-bond donors (Lipinski definition) is 2. The summed E-state index contributed by atoms with van der Waals surface area (Å²) in [4.78, 5) is 36.8. The molecule has 7 heteroatoms. The Balaban J connectivity index is 2.61. The van der Waals surface area contributed by atoms with Crippen molar-refractivity contribution in [2.45, 2.75) is 40.5 Å². The van der Waals surface area contributed by atoms with Gasteiger partial charge in [0.05, 0.1) is 5.92 Å². The van der Waals surface area contributed by atoms with Crippen LogP contribution in [0.15, 0.2) is 30.3 Å². The fourth-order valence-corrected chi connectivity index (χ4v) is 3.23. The molecule has 0 aliphatic carbocycles. The Morgan fingerprint density at radius 3 is 2.39 bits per heavy atom. The van der Waals surface area contributed by atoms with Crippen molar-refractivity contribution in [2.24, 2.45) is 11.3 Å². The summed E-state index contributed by atoms with van der Waals surface area (Å²) in [5, 5.41) is 12.1. The van der Waals surface area contributed by atoms with Crippen LogP contribution in [0.3, 0.4) is 0 Å². The molecule has 2 N–H and O–H groups in total. The molecular weight excluding hydrogens is 376 g/mol. The first-order valence-corrected chi connectivity index (χ1v) is 10.5. The van der Waals surface area contributed by atoms with Crippen molar-refractivity contribution in [3.63, 3.8) is 0 Å². The van der Waals surface area contributed by atoms with Crippen LogP contribution < -0.4 is 5.32 Å². The number of nitrogens with one attached hydrogen (secondary N) is 1. The Kier molecular flexibility index (Phi) is 10.1. The average molecular weight is 409 g/mol. The monoisotopic (exact) mass is 408 g/mol. The minimum Gasteiger partial charge on any atom is -0.481 e. The van der Waals surface area contributed by atoms with Crippen molar-refractivity contribution in [3.8, 4) is 0 Å². The van der Waals surface area contributed by atoms with Crippen molar-refractivity contribution >= 4 is 28.9 Å². The molecule has 0 spiro atoms. The smallest absolute Gasteiger partial charge is 0.317 e. The number of carbonyl (C=O) groups excluding carboxylic acids is 2. The molecule has 1 rings (SSSR count). The molecule has 0 bridgehead atoms. The summed E-state index contributed by atoms with van der Waals surface area (Å²) in [6.45, 7) is 8.15. The van der Waals surface area contributed by atoms with Crippen LogP contribution in [0.1, 0.15) is 39.7 Å². The zero-order chi connectivity index (χ0) is 21.2. The third kappa shape index (κ3) is 8.78. The first-order valence-electron chi connectivity index (χ1n) is 9.56. The van der Waals surface area contributed by atoms with E-state index in [1.165, 1.54) is 24.2 Å². The zero-order valence-electron chi connectivity index (χ0n) is 17.2. The zero-order valence-corrected chi connectivity index (χ0v) is 18.1. The summed E-state index contributed by atoms with van der Waals surface area (Å²) in [5.41, 5.74) is 0.656. The Morgan fingerprint density at radius 1 is 1.18 bits per heavy atom. The fraction of sp³-hybridized carbons (Fsp3) is 0.571. The number of hydrogen-bond acceptors (Lipinski definition) is 4. The second kappa shape index (κ2) is 11.7. The number of aryl methyl sites for hydroxylation is 1. The number of rotatable bonds is 11. The average Bonchev–Trinajstić information content (AvgIpc) is 2.64. The Hall–Kier alpha value is -2.02. The van der Waals surface area contributed by atoms with Gasteiger partial charge in [0.25, 0.3) is 0 Å². The number of benzene rings is 1. The molecule has 0 saturated heterocycles. The highest BCUT2D eigenvalue weighted by Gasteiger charge is 2.32. The highest BCUT2D eigenvalue weighted by Crippen LogP contribution is 2.25. The minimum atomic E-state index is -0.878. The molecule has 0 saturated carbocycles. The lowest BCUT2D eigenvalue weighted by atomic mass is 9.80. The first-order chi connectivity index (χ1) is 13.1. The number of carboxylic acid groups (broad SMARTS) is 1. The molecule has 0 aliphatic heterocycles. The van der Waals surface area contributed by atoms with E-state index in [0.29, 0.717) is 18.8 Å². The lowest BCUT2D eigenvalue weighted by molar-refractivity contribution is -0.144. The van der Waals surface area contributed by atoms with Gasteiger partial charge in [0.15, 0.2) is 5.12 Å². The maximum atomic E-state index is 12.7. The van der Waals surface area contributed by atoms with Gasteiger partial charge in [-0.15, -0.1) is 0 Å². The summed E-state index contributed by atoms with van der Waals surface area (Å²) >= 11 is 1.20. The normalized spacial score (nSPS) is 12.3. The molecule has 1 aromatic carbocycles. The highest BCUT2D eigenvalue weighted by molar-refractivity contribution is 8.13. The molecule has 2 amide bonds. The summed E-state index contributed by atoms with van der Waals surface area (Å²) in [6, 6.07) is 9.87. The number of aliphatic carboxylic acids is 1. The van der Waals surface area contributed by atoms with E-state index < -0.39 is 17.3 Å². The number of amides is 2. The molecule has 0 heterocycles. The van der Waals surface area contributed by atoms with Gasteiger partial charge in [0, 0.05) is 32.3 Å². The third-order valence-electron chi connectivity index (χ3n) is 4.93. The first kappa shape index (κ1) is 24.0. The predicted octanol–water partition coefficient (Wildman–Crippen LogP) is 3.66. The predicted molar refractivity (Wildman–Crippen MR) is 113 cm³/mol. The van der Waals surface area contributed by atoms with Gasteiger partial charge in [-0.25, -0.2) is 4.79 Å². The topological polar surface area (TPSA) is 86.7 Å². The van der Waals surface area contributed by atoms with E-state index in [1.807, 2.05) is 32.0 Å². The van der Waals surface area contributed by atoms with Crippen LogP contribution in [0.25, 0.3) is 0 Å². The largest absolute Gasteiger partial charge is 0.481 e. The molecule has 0 aromatic heterocycles. The van der Waals surface area contributed by atoms with E-state index in [4.69, 9.17) is 0 Å². The van der Waals surface area contributed by atoms with Crippen LogP contribution in [-0.4, -0.2) is 52.5 Å². The molecule has 0 fully saturated rings. The van der Waals surface area contributed by atoms with E-state index in [-0.39, 0.29) is 17.7 Å². The number of thioether (sulfide) groups is 1. The molecule has 1 atom stereocenters. The van der Waals surface area contributed by atoms with E-state index >= 15 is 0 Å². The summed E-state index contributed by atoms with van der Waals surface area (Å²) in [5.74, 6) is -0.910. The number of urea groups is 1. The number of nitrogens with zero attached hydrogens (tertiary/aromatic N) is 1. The molecule has 1 aromatic rings. The van der Waals surface area contributed by atoms with Gasteiger partial charge in [-0.2, -0.15) is 0 Å². The maximum Gasteiger partial charge on any atom is 0.317 e. The number of carboxylic acids is 1. The van der Waals surface area contributed by atoms with Crippen molar-refractivity contribution < 1.29 is 19.5 Å². The van der Waals surface area contributed by atoms with Gasteiger partial charge >= 0.3 is 12.0 Å². The lowest BCUT2D eigenvalue weighted by Crippen LogP contribution is -2.47. The van der Waals surface area contributed by atoms with Gasteiger partial charge in [0.1, 0.15) is 0 Å². The maximum absolute atomic E-state index is 12.7. The van der Waals surface area contributed by atoms with Crippen LogP contribution >= 0.6 is 11.8 Å². The molecule has 6 nitrogen and oxygen atoms in total. The third-order valence-corrected chi connectivity index (χ3v) is 5.72. The van der Waals surface area contributed by atoms with E-state index in [0.717, 1.165) is 12.8 Å². The van der Waals surface area contributed by atoms with Crippen LogP contribution in [0.5, 0.6) is 0 Å². The van der Waals surface area contributed by atoms with Gasteiger partial charge in [-0.05, 0) is 23.8 Å². The Labute approximate surface area is 172 Å². The molecule has 0 unspecified atom stereocenters. The van der Waals surface area contributed by atoms with Crippen LogP contribution in [0, 0.1) is 11.3 Å². The van der Waals surface area contributed by atoms with Crippen molar-refractivity contribution in [1.82, 2.24) is 10.2 Å². The second-order valence-corrected chi connectivity index (χ2v) is 8.90. The van der Waals surface area contributed by atoms with Crippen LogP contribution in [0.4, 0.5) is 4.79 Å². The molecule has 0 radical (unpaired) electrons. The Morgan fingerprint density at radius 2 is 1.82 bits per heavy atom. The summed E-state index contributed by atoms with van der Waals surface area (Å²) in [7, 11) is 0. The quantitative estimate of drug-likeness (QED) is 0.583. The highest BCUT2D eigenvalue weighted by atomic mass is 32.2. The van der Waals surface area contributed by atoms with E-state index in [2.05, 4.69) is 17.4 Å². The van der Waals surface area contributed by atoms with E-state index in [9.17, 15) is 19.5 Å².